The number of hydrogen-bond donors (Lipinski definition) is 4. The van der Waals surface area contributed by atoms with E-state index < -0.39 is 10.4 Å². The molecule has 4 N–H and O–H groups in total. The molecule has 1 amide bonds. The van der Waals surface area contributed by atoms with Crippen LogP contribution < -0.4 is 10.2 Å². The molecular weight excluding hydrogens is 496 g/mol. The van der Waals surface area contributed by atoms with Crippen LogP contribution in [0.5, 0.6) is 0 Å². The predicted molar refractivity (Wildman–Crippen MR) is 148 cm³/mol. The van der Waals surface area contributed by atoms with E-state index >= 15 is 0 Å². The SMILES string of the molecule is CCCCCCCC/C=C/CCCCCCCC(=O)NCC[NH+](CCCO)CC(C)O.COS(=O)(=O)[O-]. The van der Waals surface area contributed by atoms with Gasteiger partial charge in [0.05, 0.1) is 26.7 Å². The number of rotatable bonds is 24. The Hall–Kier alpha value is -1.04. The van der Waals surface area contributed by atoms with E-state index in [9.17, 15) is 22.9 Å². The van der Waals surface area contributed by atoms with Crippen molar-refractivity contribution in [3.05, 3.63) is 12.2 Å². The molecule has 0 aliphatic carbocycles. The van der Waals surface area contributed by atoms with E-state index in [0.717, 1.165) is 39.5 Å². The van der Waals surface area contributed by atoms with Crippen molar-refractivity contribution in [2.45, 2.75) is 116 Å². The van der Waals surface area contributed by atoms with Gasteiger partial charge in [-0.1, -0.05) is 70.4 Å². The molecule has 37 heavy (non-hydrogen) atoms. The molecule has 2 atom stereocenters. The second-order valence-corrected chi connectivity index (χ2v) is 10.8. The monoisotopic (exact) mass is 552 g/mol. The van der Waals surface area contributed by atoms with Crippen LogP contribution in [0.25, 0.3) is 0 Å². The zero-order valence-corrected chi connectivity index (χ0v) is 24.5. The highest BCUT2D eigenvalue weighted by Gasteiger charge is 2.11. The van der Waals surface area contributed by atoms with Gasteiger partial charge in [0.1, 0.15) is 12.6 Å². The molecule has 10 heteroatoms. The van der Waals surface area contributed by atoms with Gasteiger partial charge in [0, 0.05) is 19.4 Å². The van der Waals surface area contributed by atoms with Crippen LogP contribution in [-0.2, 0) is 19.4 Å². The van der Waals surface area contributed by atoms with Gasteiger partial charge < -0.3 is 25.0 Å². The number of carbonyl (C=O) groups is 1. The fraction of sp³-hybridized carbons (Fsp3) is 0.889. The lowest BCUT2D eigenvalue weighted by Gasteiger charge is -2.20. The second-order valence-electron chi connectivity index (χ2n) is 9.64. The van der Waals surface area contributed by atoms with Crippen LogP contribution in [0, 0.1) is 0 Å². The minimum atomic E-state index is -4.41. The summed E-state index contributed by atoms with van der Waals surface area (Å²) in [7, 11) is -3.60. The molecule has 0 saturated heterocycles. The van der Waals surface area contributed by atoms with Crippen molar-refractivity contribution in [1.82, 2.24) is 5.32 Å². The molecule has 0 rings (SSSR count). The van der Waals surface area contributed by atoms with Crippen LogP contribution in [0.1, 0.15) is 110 Å². The highest BCUT2D eigenvalue weighted by Crippen LogP contribution is 2.09. The Bertz CT molecular complexity index is 628. The maximum atomic E-state index is 12.0. The first kappa shape index (κ1) is 38.1. The fourth-order valence-electron chi connectivity index (χ4n) is 3.90. The lowest BCUT2D eigenvalue weighted by molar-refractivity contribution is -0.902. The van der Waals surface area contributed by atoms with E-state index in [0.29, 0.717) is 19.5 Å². The van der Waals surface area contributed by atoms with Gasteiger partial charge in [-0.25, -0.2) is 8.42 Å². The molecule has 0 heterocycles. The van der Waals surface area contributed by atoms with Gasteiger partial charge in [0.15, 0.2) is 0 Å². The highest BCUT2D eigenvalue weighted by atomic mass is 32.3. The number of amides is 1. The largest absolute Gasteiger partial charge is 0.726 e. The average molecular weight is 553 g/mol. The average Bonchev–Trinajstić information content (AvgIpc) is 2.84. The number of aliphatic hydroxyl groups is 2. The van der Waals surface area contributed by atoms with Gasteiger partial charge >= 0.3 is 0 Å². The van der Waals surface area contributed by atoms with Crippen LogP contribution in [0.3, 0.4) is 0 Å². The maximum absolute atomic E-state index is 12.0. The quantitative estimate of drug-likeness (QED) is 0.0625. The van der Waals surface area contributed by atoms with Crippen molar-refractivity contribution in [1.29, 1.82) is 0 Å². The summed E-state index contributed by atoms with van der Waals surface area (Å²) in [4.78, 5) is 13.2. The molecule has 0 bridgehead atoms. The van der Waals surface area contributed by atoms with Crippen molar-refractivity contribution < 1.29 is 37.1 Å². The number of quaternary nitrogens is 1. The number of allylic oxidation sites excluding steroid dienone is 2. The van der Waals surface area contributed by atoms with E-state index in [4.69, 9.17) is 5.11 Å². The first-order valence-corrected chi connectivity index (χ1v) is 15.5. The zero-order valence-electron chi connectivity index (χ0n) is 23.7. The summed E-state index contributed by atoms with van der Waals surface area (Å²) >= 11 is 0. The molecule has 0 aromatic heterocycles. The Morgan fingerprint density at radius 3 is 1.95 bits per heavy atom. The molecule has 0 saturated carbocycles. The number of unbranched alkanes of at least 4 members (excludes halogenated alkanes) is 11. The molecular formula is C27H56N2O7S. The summed E-state index contributed by atoms with van der Waals surface area (Å²) in [6, 6.07) is 0. The minimum absolute atomic E-state index is 0.135. The Labute approximate surface area is 227 Å². The van der Waals surface area contributed by atoms with Crippen molar-refractivity contribution >= 4 is 16.3 Å². The molecule has 0 aromatic carbocycles. The topological polar surface area (TPSA) is 140 Å². The molecule has 0 aromatic rings. The predicted octanol–water partition coefficient (Wildman–Crippen LogP) is 2.88. The fourth-order valence-corrected chi connectivity index (χ4v) is 3.90. The van der Waals surface area contributed by atoms with Gasteiger partial charge in [-0.15, -0.1) is 0 Å². The number of nitrogens with one attached hydrogen (secondary N) is 2. The lowest BCUT2D eigenvalue weighted by atomic mass is 10.1. The zero-order chi connectivity index (χ0) is 28.2. The lowest BCUT2D eigenvalue weighted by Crippen LogP contribution is -3.13. The number of hydrogen-bond acceptors (Lipinski definition) is 7. The molecule has 2 unspecified atom stereocenters. The summed E-state index contributed by atoms with van der Waals surface area (Å²) < 4.78 is 31.0. The first-order valence-electron chi connectivity index (χ1n) is 14.2. The highest BCUT2D eigenvalue weighted by molar-refractivity contribution is 7.80. The standard InChI is InChI=1S/C26H52N2O3.CH4O4S/c1-3-4-5-6-7-8-9-10-11-12-13-14-15-16-17-19-26(31)27-20-22-28(21-18-23-29)24-25(2)30;1-5-6(2,3)4/h10-11,25,29-30H,3-9,12-24H2,1-2H3,(H,27,31);1H3,(H,2,3,4)/b11-10+;. The van der Waals surface area contributed by atoms with Gasteiger partial charge in [-0.3, -0.25) is 8.98 Å². The van der Waals surface area contributed by atoms with Crippen molar-refractivity contribution in [3.8, 4) is 0 Å². The summed E-state index contributed by atoms with van der Waals surface area (Å²) in [5, 5.41) is 21.5. The van der Waals surface area contributed by atoms with Gasteiger partial charge in [0.2, 0.25) is 16.3 Å². The molecule has 0 fully saturated rings. The molecule has 9 nitrogen and oxygen atoms in total. The Balaban J connectivity index is 0. The summed E-state index contributed by atoms with van der Waals surface area (Å²) in [6.45, 7) is 7.13. The van der Waals surface area contributed by atoms with Crippen LogP contribution in [-0.4, -0.2) is 75.1 Å². The van der Waals surface area contributed by atoms with Gasteiger partial charge in [-0.05, 0) is 39.0 Å². The van der Waals surface area contributed by atoms with Gasteiger partial charge in [0.25, 0.3) is 0 Å². The minimum Gasteiger partial charge on any atom is -0.726 e. The van der Waals surface area contributed by atoms with E-state index in [1.54, 1.807) is 6.92 Å². The number of aliphatic hydroxyl groups excluding tert-OH is 2. The van der Waals surface area contributed by atoms with Crippen LogP contribution in [0.15, 0.2) is 12.2 Å². The van der Waals surface area contributed by atoms with E-state index in [-0.39, 0.29) is 18.6 Å². The summed E-state index contributed by atoms with van der Waals surface area (Å²) in [6.07, 6.45) is 22.2. The molecule has 0 spiro atoms. The Morgan fingerprint density at radius 2 is 1.46 bits per heavy atom. The van der Waals surface area contributed by atoms with Crippen molar-refractivity contribution in [2.24, 2.45) is 0 Å². The van der Waals surface area contributed by atoms with E-state index in [1.807, 2.05) is 0 Å². The molecule has 0 aliphatic rings. The third-order valence-electron chi connectivity index (χ3n) is 5.94. The van der Waals surface area contributed by atoms with Gasteiger partial charge in [-0.2, -0.15) is 0 Å². The van der Waals surface area contributed by atoms with Crippen molar-refractivity contribution in [3.63, 3.8) is 0 Å². The summed E-state index contributed by atoms with van der Waals surface area (Å²) in [5.74, 6) is 0.135. The first-order chi connectivity index (χ1) is 17.7. The van der Waals surface area contributed by atoms with Crippen molar-refractivity contribution in [2.75, 3.05) is 39.9 Å². The van der Waals surface area contributed by atoms with Crippen LogP contribution in [0.2, 0.25) is 0 Å². The normalized spacial score (nSPS) is 13.2. The molecule has 0 aliphatic heterocycles. The van der Waals surface area contributed by atoms with Crippen LogP contribution >= 0.6 is 0 Å². The van der Waals surface area contributed by atoms with Crippen LogP contribution in [0.4, 0.5) is 0 Å². The third kappa shape index (κ3) is 35.0. The maximum Gasteiger partial charge on any atom is 0.220 e. The smallest absolute Gasteiger partial charge is 0.220 e. The summed E-state index contributed by atoms with van der Waals surface area (Å²) in [5.41, 5.74) is 0. The molecule has 0 radical (unpaired) electrons. The Morgan fingerprint density at radius 1 is 0.946 bits per heavy atom. The molecule has 222 valence electrons. The van der Waals surface area contributed by atoms with E-state index in [2.05, 4.69) is 28.6 Å². The van der Waals surface area contributed by atoms with E-state index in [1.165, 1.54) is 75.5 Å². The number of carbonyl (C=O) groups excluding carboxylic acids is 1. The Kier molecular flexibility index (Phi) is 28.8. The third-order valence-corrected chi connectivity index (χ3v) is 6.35. The second kappa shape index (κ2) is 28.0.